The molecule has 2 aromatic carbocycles. The molecule has 0 unspecified atom stereocenters. The fourth-order valence-electron chi connectivity index (χ4n) is 3.24. The fraction of sp³-hybridized carbons (Fsp3) is 0.100. The van der Waals surface area contributed by atoms with E-state index in [1.165, 1.54) is 0 Å². The van der Waals surface area contributed by atoms with Crippen molar-refractivity contribution in [1.82, 2.24) is 29.3 Å². The van der Waals surface area contributed by atoms with Crippen LogP contribution in [-0.2, 0) is 13.6 Å². The van der Waals surface area contributed by atoms with E-state index in [2.05, 4.69) is 60.3 Å². The fourth-order valence-corrected chi connectivity index (χ4v) is 3.24. The Morgan fingerprint density at radius 3 is 2.71 bits per heavy atom. The summed E-state index contributed by atoms with van der Waals surface area (Å²) in [6.07, 6.45) is 3.52. The van der Waals surface area contributed by atoms with Crippen LogP contribution in [0.15, 0.2) is 61.1 Å². The molecule has 0 saturated carbocycles. The minimum atomic E-state index is 0.419. The normalized spacial score (nSPS) is 11.3. The van der Waals surface area contributed by atoms with E-state index in [1.807, 2.05) is 31.6 Å². The molecule has 8 heteroatoms. The summed E-state index contributed by atoms with van der Waals surface area (Å²) in [6.45, 7) is 0.591. The number of para-hydroxylation sites is 2. The molecule has 0 bridgehead atoms. The van der Waals surface area contributed by atoms with E-state index in [0.29, 0.717) is 24.0 Å². The summed E-state index contributed by atoms with van der Waals surface area (Å²) < 4.78 is 3.76. The van der Waals surface area contributed by atoms with Crippen molar-refractivity contribution < 1.29 is 0 Å². The number of imidazole rings is 1. The second-order valence-corrected chi connectivity index (χ2v) is 6.56. The van der Waals surface area contributed by atoms with Gasteiger partial charge in [-0.3, -0.25) is 9.25 Å². The Labute approximate surface area is 160 Å². The highest BCUT2D eigenvalue weighted by atomic mass is 15.3. The number of fused-ring (bicyclic) bond motifs is 2. The van der Waals surface area contributed by atoms with Crippen molar-refractivity contribution in [2.75, 3.05) is 11.1 Å². The van der Waals surface area contributed by atoms with Crippen molar-refractivity contribution in [3.8, 4) is 5.69 Å². The first kappa shape index (κ1) is 16.2. The molecule has 0 amide bonds. The lowest BCUT2D eigenvalue weighted by atomic mass is 10.2. The largest absolute Gasteiger partial charge is 0.383 e. The van der Waals surface area contributed by atoms with E-state index in [0.717, 1.165) is 27.7 Å². The van der Waals surface area contributed by atoms with Crippen LogP contribution in [0.4, 0.5) is 11.8 Å². The number of nitrogens with two attached hydrogens (primary N) is 1. The Balaban J connectivity index is 1.36. The van der Waals surface area contributed by atoms with E-state index < -0.39 is 0 Å². The molecule has 5 rings (SSSR count). The van der Waals surface area contributed by atoms with Gasteiger partial charge in [-0.2, -0.15) is 15.1 Å². The minimum Gasteiger partial charge on any atom is -0.383 e. The first-order valence-corrected chi connectivity index (χ1v) is 8.89. The molecule has 3 heterocycles. The molecule has 3 aromatic heterocycles. The quantitative estimate of drug-likeness (QED) is 0.505. The smallest absolute Gasteiger partial charge is 0.226 e. The van der Waals surface area contributed by atoms with Crippen molar-refractivity contribution in [3.05, 3.63) is 66.6 Å². The Kier molecular flexibility index (Phi) is 3.68. The van der Waals surface area contributed by atoms with E-state index >= 15 is 0 Å². The maximum atomic E-state index is 6.01. The average Bonchev–Trinajstić information content (AvgIpc) is 3.31. The van der Waals surface area contributed by atoms with E-state index in [4.69, 9.17) is 5.73 Å². The van der Waals surface area contributed by atoms with E-state index in [-0.39, 0.29) is 0 Å². The van der Waals surface area contributed by atoms with Gasteiger partial charge in [0.25, 0.3) is 0 Å². The molecule has 0 fully saturated rings. The molecule has 0 aliphatic carbocycles. The molecule has 0 aliphatic heterocycles. The Bertz CT molecular complexity index is 1280. The number of hydrogen-bond donors (Lipinski definition) is 2. The third-order valence-corrected chi connectivity index (χ3v) is 4.74. The van der Waals surface area contributed by atoms with Crippen LogP contribution < -0.4 is 11.1 Å². The summed E-state index contributed by atoms with van der Waals surface area (Å²) in [6, 6.07) is 16.4. The third kappa shape index (κ3) is 2.71. The zero-order chi connectivity index (χ0) is 19.1. The van der Waals surface area contributed by atoms with Crippen LogP contribution in [0.5, 0.6) is 0 Å². The Hall–Kier alpha value is -3.94. The van der Waals surface area contributed by atoms with Gasteiger partial charge in [-0.1, -0.05) is 24.3 Å². The molecule has 0 radical (unpaired) electrons. The molecule has 28 heavy (non-hydrogen) atoms. The Morgan fingerprint density at radius 1 is 1.04 bits per heavy atom. The predicted octanol–water partition coefficient (Wildman–Crippen LogP) is 2.90. The number of rotatable bonds is 4. The summed E-state index contributed by atoms with van der Waals surface area (Å²) in [5.74, 6) is 0.904. The van der Waals surface area contributed by atoms with Crippen molar-refractivity contribution in [1.29, 1.82) is 0 Å². The number of anilines is 2. The number of nitrogens with one attached hydrogen (secondary N) is 1. The van der Waals surface area contributed by atoms with Gasteiger partial charge in [0.2, 0.25) is 5.95 Å². The zero-order valence-electron chi connectivity index (χ0n) is 15.2. The zero-order valence-corrected chi connectivity index (χ0v) is 15.2. The van der Waals surface area contributed by atoms with Crippen molar-refractivity contribution in [2.45, 2.75) is 6.54 Å². The van der Waals surface area contributed by atoms with Gasteiger partial charge in [0.05, 0.1) is 22.6 Å². The third-order valence-electron chi connectivity index (χ3n) is 4.74. The van der Waals surface area contributed by atoms with Crippen LogP contribution in [0.2, 0.25) is 0 Å². The Morgan fingerprint density at radius 2 is 1.86 bits per heavy atom. The number of hydrogen-bond acceptors (Lipinski definition) is 6. The molecular weight excluding hydrogens is 352 g/mol. The molecule has 0 aliphatic rings. The van der Waals surface area contributed by atoms with Gasteiger partial charge in [0.15, 0.2) is 5.65 Å². The summed E-state index contributed by atoms with van der Waals surface area (Å²) in [5.41, 5.74) is 11.0. The molecule has 5 aromatic rings. The monoisotopic (exact) mass is 370 g/mol. The van der Waals surface area contributed by atoms with Crippen LogP contribution in [0.3, 0.4) is 0 Å². The van der Waals surface area contributed by atoms with Crippen molar-refractivity contribution >= 4 is 33.8 Å². The van der Waals surface area contributed by atoms with Crippen LogP contribution in [0, 0.1) is 0 Å². The first-order valence-electron chi connectivity index (χ1n) is 8.89. The van der Waals surface area contributed by atoms with Gasteiger partial charge in [-0.25, -0.2) is 4.98 Å². The lowest BCUT2D eigenvalue weighted by molar-refractivity contribution is 0.785. The number of nitrogens with zero attached hydrogens (tertiary/aromatic N) is 6. The second kappa shape index (κ2) is 6.34. The van der Waals surface area contributed by atoms with Gasteiger partial charge < -0.3 is 11.1 Å². The van der Waals surface area contributed by atoms with E-state index in [1.54, 1.807) is 10.9 Å². The van der Waals surface area contributed by atoms with E-state index in [9.17, 15) is 0 Å². The lowest BCUT2D eigenvalue weighted by Gasteiger charge is -2.08. The highest BCUT2D eigenvalue weighted by molar-refractivity contribution is 5.86. The topological polar surface area (TPSA) is 99.5 Å². The highest BCUT2D eigenvalue weighted by Crippen LogP contribution is 2.20. The minimum absolute atomic E-state index is 0.419. The average molecular weight is 370 g/mol. The van der Waals surface area contributed by atoms with Gasteiger partial charge in [-0.15, -0.1) is 0 Å². The van der Waals surface area contributed by atoms with Gasteiger partial charge >= 0.3 is 0 Å². The summed E-state index contributed by atoms with van der Waals surface area (Å²) in [4.78, 5) is 13.2. The van der Waals surface area contributed by atoms with Crippen molar-refractivity contribution in [2.24, 2.45) is 7.05 Å². The maximum Gasteiger partial charge on any atom is 0.226 e. The first-order chi connectivity index (χ1) is 13.7. The summed E-state index contributed by atoms with van der Waals surface area (Å²) in [7, 11) is 1.83. The SMILES string of the molecule is Cn1ncc2c(N)nc(NCc3ccc(-n4cnc5ccccc54)cc3)nc21. The number of nitrogen functional groups attached to an aromatic ring is 1. The van der Waals surface area contributed by atoms with Crippen LogP contribution in [0.1, 0.15) is 5.56 Å². The molecule has 138 valence electrons. The van der Waals surface area contributed by atoms with Gasteiger partial charge in [-0.05, 0) is 29.8 Å². The van der Waals surface area contributed by atoms with Crippen LogP contribution in [-0.4, -0.2) is 29.3 Å². The standard InChI is InChI=1S/C20H18N8/c1-27-19-15(11-24-27)18(21)25-20(26-19)22-10-13-6-8-14(9-7-13)28-12-23-16-4-2-3-5-17(16)28/h2-9,11-12H,10H2,1H3,(H3,21,22,25,26). The van der Waals surface area contributed by atoms with Crippen LogP contribution in [0.25, 0.3) is 27.8 Å². The van der Waals surface area contributed by atoms with Gasteiger partial charge in [0.1, 0.15) is 12.1 Å². The molecule has 8 nitrogen and oxygen atoms in total. The molecule has 3 N–H and O–H groups in total. The summed E-state index contributed by atoms with van der Waals surface area (Å²) >= 11 is 0. The number of aryl methyl sites for hydroxylation is 1. The molecular formula is C20H18N8. The van der Waals surface area contributed by atoms with Crippen LogP contribution >= 0.6 is 0 Å². The molecule has 0 saturated heterocycles. The van der Waals surface area contributed by atoms with Crippen molar-refractivity contribution in [3.63, 3.8) is 0 Å². The molecule has 0 spiro atoms. The summed E-state index contributed by atoms with van der Waals surface area (Å²) in [5, 5.41) is 8.16. The predicted molar refractivity (Wildman–Crippen MR) is 109 cm³/mol. The van der Waals surface area contributed by atoms with Gasteiger partial charge in [0, 0.05) is 19.3 Å². The number of benzene rings is 2. The second-order valence-electron chi connectivity index (χ2n) is 6.56. The highest BCUT2D eigenvalue weighted by Gasteiger charge is 2.09. The maximum absolute atomic E-state index is 6.01. The molecule has 0 atom stereocenters. The number of aromatic nitrogens is 6. The lowest BCUT2D eigenvalue weighted by Crippen LogP contribution is -2.06.